The van der Waals surface area contributed by atoms with E-state index >= 15 is 0 Å². The maximum absolute atomic E-state index is 13.0. The summed E-state index contributed by atoms with van der Waals surface area (Å²) >= 11 is 1.13. The number of nitrogens with one attached hydrogen (secondary N) is 1. The van der Waals surface area contributed by atoms with Gasteiger partial charge in [0.2, 0.25) is 0 Å². The fourth-order valence-corrected chi connectivity index (χ4v) is 5.82. The number of ether oxygens (including phenoxy) is 1. The molecule has 1 aromatic carbocycles. The molecule has 0 fully saturated rings. The largest absolute Gasteiger partial charge is 0.449 e. The Kier molecular flexibility index (Phi) is 8.09. The molecule has 0 unspecified atom stereocenters. The zero-order valence-corrected chi connectivity index (χ0v) is 20.2. The Bertz CT molecular complexity index is 1120. The van der Waals surface area contributed by atoms with E-state index in [1.165, 1.54) is 0 Å². The monoisotopic (exact) mass is 475 g/mol. The van der Waals surface area contributed by atoms with E-state index in [-0.39, 0.29) is 10.8 Å². The van der Waals surface area contributed by atoms with Crippen LogP contribution in [0.5, 0.6) is 0 Å². The third-order valence-corrected chi connectivity index (χ3v) is 7.72. The molecule has 0 aliphatic carbocycles. The van der Waals surface area contributed by atoms with Gasteiger partial charge in [0.15, 0.2) is 0 Å². The molecule has 0 radical (unpaired) electrons. The minimum Gasteiger partial charge on any atom is -0.449 e. The van der Waals surface area contributed by atoms with E-state index < -0.39 is 16.1 Å². The number of nitrogens with zero attached hydrogens (tertiary/aromatic N) is 2. The fraction of sp³-hybridized carbons (Fsp3) is 0.391. The molecule has 172 valence electrons. The normalized spacial score (nSPS) is 11.6. The van der Waals surface area contributed by atoms with E-state index in [4.69, 9.17) is 4.74 Å². The van der Waals surface area contributed by atoms with E-state index in [0.29, 0.717) is 24.4 Å². The van der Waals surface area contributed by atoms with Crippen molar-refractivity contribution in [1.29, 1.82) is 0 Å². The minimum atomic E-state index is -4.06. The summed E-state index contributed by atoms with van der Waals surface area (Å²) < 4.78 is 35.2. The number of carbonyl (C=O) groups excluding carboxylic acids is 1. The average molecular weight is 476 g/mol. The smallest absolute Gasteiger partial charge is 0.421 e. The lowest BCUT2D eigenvalue weighted by Crippen LogP contribution is -2.31. The molecule has 3 aromatic rings. The quantitative estimate of drug-likeness (QED) is 0.413. The highest BCUT2D eigenvalue weighted by atomic mass is 32.2. The van der Waals surface area contributed by atoms with Crippen LogP contribution < -0.4 is 4.72 Å². The van der Waals surface area contributed by atoms with E-state index in [1.54, 1.807) is 12.5 Å². The molecule has 7 nitrogen and oxygen atoms in total. The standard InChI is InChI=1S/C23H29N3O4S2/c1-4-5-12-30-23(27)25-32(28,29)22-21(20(15-31-22)13-17(2)3)19-8-6-18(7-9-19)14-26-11-10-24-16-26/h6-11,15-17H,4-5,12-14H2,1-3H3,(H,25,27). The highest BCUT2D eigenvalue weighted by Crippen LogP contribution is 2.37. The second-order valence-corrected chi connectivity index (χ2v) is 10.8. The highest BCUT2D eigenvalue weighted by Gasteiger charge is 2.27. The highest BCUT2D eigenvalue weighted by molar-refractivity contribution is 7.92. The number of hydrogen-bond acceptors (Lipinski definition) is 6. The van der Waals surface area contributed by atoms with Gasteiger partial charge in [-0.05, 0) is 40.8 Å². The first-order valence-corrected chi connectivity index (χ1v) is 13.0. The molecule has 0 saturated carbocycles. The molecule has 1 amide bonds. The molecular formula is C23H29N3O4S2. The lowest BCUT2D eigenvalue weighted by Gasteiger charge is -2.12. The van der Waals surface area contributed by atoms with Crippen molar-refractivity contribution in [3.05, 3.63) is 59.5 Å². The molecule has 9 heteroatoms. The summed E-state index contributed by atoms with van der Waals surface area (Å²) in [5.41, 5.74) is 3.48. The lowest BCUT2D eigenvalue weighted by molar-refractivity contribution is 0.151. The Labute approximate surface area is 193 Å². The molecule has 2 heterocycles. The van der Waals surface area contributed by atoms with Crippen LogP contribution in [-0.4, -0.2) is 30.7 Å². The summed E-state index contributed by atoms with van der Waals surface area (Å²) in [4.78, 5) is 16.1. The fourth-order valence-electron chi connectivity index (χ4n) is 3.33. The number of unbranched alkanes of at least 4 members (excludes halogenated alkanes) is 1. The molecule has 0 aliphatic rings. The molecule has 32 heavy (non-hydrogen) atoms. The number of imidazole rings is 1. The molecule has 2 aromatic heterocycles. The Morgan fingerprint density at radius 3 is 2.62 bits per heavy atom. The van der Waals surface area contributed by atoms with Gasteiger partial charge >= 0.3 is 6.09 Å². The molecule has 0 spiro atoms. The van der Waals surface area contributed by atoms with E-state index in [9.17, 15) is 13.2 Å². The van der Waals surface area contributed by atoms with Gasteiger partial charge in [0, 0.05) is 24.5 Å². The Hall–Kier alpha value is -2.65. The lowest BCUT2D eigenvalue weighted by atomic mass is 9.97. The van der Waals surface area contributed by atoms with Crippen molar-refractivity contribution in [2.24, 2.45) is 5.92 Å². The number of amides is 1. The number of hydrogen-bond donors (Lipinski definition) is 1. The Morgan fingerprint density at radius 2 is 2.00 bits per heavy atom. The number of thiophene rings is 1. The number of carbonyl (C=O) groups is 1. The number of benzene rings is 1. The summed E-state index contributed by atoms with van der Waals surface area (Å²) in [6.45, 7) is 7.01. The van der Waals surface area contributed by atoms with Crippen molar-refractivity contribution in [3.8, 4) is 11.1 Å². The minimum absolute atomic E-state index is 0.128. The van der Waals surface area contributed by atoms with Crippen molar-refractivity contribution in [2.75, 3.05) is 6.61 Å². The Morgan fingerprint density at radius 1 is 1.25 bits per heavy atom. The van der Waals surface area contributed by atoms with Gasteiger partial charge in [-0.1, -0.05) is 51.5 Å². The molecule has 0 atom stereocenters. The van der Waals surface area contributed by atoms with Gasteiger partial charge in [-0.2, -0.15) is 0 Å². The van der Waals surface area contributed by atoms with Gasteiger partial charge in [-0.15, -0.1) is 11.3 Å². The van der Waals surface area contributed by atoms with Crippen LogP contribution in [0.25, 0.3) is 11.1 Å². The average Bonchev–Trinajstić information content (AvgIpc) is 3.38. The van der Waals surface area contributed by atoms with E-state index in [1.807, 2.05) is 47.3 Å². The van der Waals surface area contributed by atoms with Gasteiger partial charge < -0.3 is 9.30 Å². The predicted octanol–water partition coefficient (Wildman–Crippen LogP) is 5.07. The molecule has 1 N–H and O–H groups in total. The second-order valence-electron chi connectivity index (χ2n) is 8.05. The topological polar surface area (TPSA) is 90.3 Å². The first kappa shape index (κ1) is 24.0. The van der Waals surface area contributed by atoms with Crippen molar-refractivity contribution >= 4 is 27.5 Å². The van der Waals surface area contributed by atoms with Crippen molar-refractivity contribution in [1.82, 2.24) is 14.3 Å². The third-order valence-electron chi connectivity index (χ3n) is 4.82. The van der Waals surface area contributed by atoms with Crippen LogP contribution in [0.1, 0.15) is 44.7 Å². The van der Waals surface area contributed by atoms with Gasteiger partial charge in [0.25, 0.3) is 10.0 Å². The van der Waals surface area contributed by atoms with Gasteiger partial charge in [-0.3, -0.25) is 0 Å². The number of rotatable bonds is 10. The Balaban J connectivity index is 1.90. The summed E-state index contributed by atoms with van der Waals surface area (Å²) in [5, 5.41) is 1.87. The molecule has 0 saturated heterocycles. The summed E-state index contributed by atoms with van der Waals surface area (Å²) in [6.07, 6.45) is 6.70. The molecule has 0 aliphatic heterocycles. The second kappa shape index (κ2) is 10.8. The van der Waals surface area contributed by atoms with Crippen LogP contribution >= 0.6 is 11.3 Å². The number of aromatic nitrogens is 2. The molecule has 3 rings (SSSR count). The zero-order valence-electron chi connectivity index (χ0n) is 18.6. The van der Waals surface area contributed by atoms with E-state index in [2.05, 4.69) is 23.6 Å². The predicted molar refractivity (Wildman–Crippen MR) is 126 cm³/mol. The van der Waals surface area contributed by atoms with Crippen LogP contribution in [0.2, 0.25) is 0 Å². The maximum Gasteiger partial charge on any atom is 0.421 e. The van der Waals surface area contributed by atoms with Crippen molar-refractivity contribution in [3.63, 3.8) is 0 Å². The first-order valence-electron chi connectivity index (χ1n) is 10.6. The van der Waals surface area contributed by atoms with Crippen molar-refractivity contribution < 1.29 is 17.9 Å². The summed E-state index contributed by atoms with van der Waals surface area (Å²) in [6, 6.07) is 7.82. The van der Waals surface area contributed by atoms with Crippen LogP contribution in [0.3, 0.4) is 0 Å². The first-order chi connectivity index (χ1) is 15.3. The summed E-state index contributed by atoms with van der Waals surface area (Å²) in [7, 11) is -4.06. The van der Waals surface area contributed by atoms with Gasteiger partial charge in [-0.25, -0.2) is 22.9 Å². The van der Waals surface area contributed by atoms with Gasteiger partial charge in [0.05, 0.1) is 12.9 Å². The van der Waals surface area contributed by atoms with Gasteiger partial charge in [0.1, 0.15) is 4.21 Å². The maximum atomic E-state index is 13.0. The van der Waals surface area contributed by atoms with Crippen LogP contribution in [-0.2, 0) is 27.7 Å². The number of sulfonamides is 1. The van der Waals surface area contributed by atoms with Crippen molar-refractivity contribution in [2.45, 2.75) is 50.8 Å². The summed E-state index contributed by atoms with van der Waals surface area (Å²) in [5.74, 6) is 0.353. The van der Waals surface area contributed by atoms with Crippen LogP contribution in [0.4, 0.5) is 4.79 Å². The SMILES string of the molecule is CCCCOC(=O)NS(=O)(=O)c1scc(CC(C)C)c1-c1ccc(Cn2ccnc2)cc1. The molecular weight excluding hydrogens is 446 g/mol. The van der Waals surface area contributed by atoms with Crippen LogP contribution in [0, 0.1) is 5.92 Å². The zero-order chi connectivity index (χ0) is 23.1. The molecule has 0 bridgehead atoms. The van der Waals surface area contributed by atoms with Crippen LogP contribution in [0.15, 0.2) is 52.6 Å². The van der Waals surface area contributed by atoms with E-state index in [0.717, 1.165) is 40.9 Å². The third kappa shape index (κ3) is 6.20.